The first kappa shape index (κ1) is 14.3. The number of anilines is 1. The van der Waals surface area contributed by atoms with Crippen LogP contribution >= 0.6 is 11.6 Å². The topological polar surface area (TPSA) is 73.0 Å². The number of rotatable bonds is 6. The molecule has 1 aromatic carbocycles. The number of nitro benzene ring substituents is 1. The molecule has 7 heteroatoms. The third-order valence-corrected chi connectivity index (χ3v) is 3.10. The second-order valence-corrected chi connectivity index (χ2v) is 4.80. The molecular weight excluding hydrogens is 280 g/mol. The first-order valence-electron chi connectivity index (χ1n) is 6.29. The van der Waals surface area contributed by atoms with E-state index in [0.717, 1.165) is 18.5 Å². The molecule has 0 aliphatic carbocycles. The second-order valence-electron chi connectivity index (χ2n) is 4.39. The molecule has 0 radical (unpaired) electrons. The van der Waals surface area contributed by atoms with Crippen molar-refractivity contribution in [2.45, 2.75) is 26.4 Å². The van der Waals surface area contributed by atoms with Crippen molar-refractivity contribution >= 4 is 23.0 Å². The zero-order valence-corrected chi connectivity index (χ0v) is 11.8. The zero-order chi connectivity index (χ0) is 14.5. The van der Waals surface area contributed by atoms with Crippen molar-refractivity contribution in [2.75, 3.05) is 5.32 Å². The molecule has 0 saturated carbocycles. The van der Waals surface area contributed by atoms with Crippen molar-refractivity contribution in [3.8, 4) is 0 Å². The van der Waals surface area contributed by atoms with Gasteiger partial charge in [0.2, 0.25) is 0 Å². The number of nitrogens with one attached hydrogen (secondary N) is 1. The van der Waals surface area contributed by atoms with Crippen molar-refractivity contribution in [3.05, 3.63) is 51.3 Å². The van der Waals surface area contributed by atoms with E-state index in [1.807, 2.05) is 10.9 Å². The summed E-state index contributed by atoms with van der Waals surface area (Å²) in [6, 6.07) is 4.66. The molecule has 0 fully saturated rings. The van der Waals surface area contributed by atoms with E-state index >= 15 is 0 Å². The van der Waals surface area contributed by atoms with E-state index in [-0.39, 0.29) is 10.7 Å². The Kier molecular flexibility index (Phi) is 4.57. The molecule has 2 rings (SSSR count). The van der Waals surface area contributed by atoms with Crippen LogP contribution in [0.1, 0.15) is 18.9 Å². The van der Waals surface area contributed by atoms with Crippen LogP contribution in [0.15, 0.2) is 30.6 Å². The minimum atomic E-state index is -0.493. The van der Waals surface area contributed by atoms with E-state index < -0.39 is 4.92 Å². The molecule has 0 unspecified atom stereocenters. The van der Waals surface area contributed by atoms with Gasteiger partial charge in [0.1, 0.15) is 5.02 Å². The summed E-state index contributed by atoms with van der Waals surface area (Å²) in [5, 5.41) is 18.3. The molecule has 2 aromatic rings. The first-order chi connectivity index (χ1) is 9.60. The highest BCUT2D eigenvalue weighted by Gasteiger charge is 2.12. The average molecular weight is 295 g/mol. The molecule has 1 aromatic heterocycles. The van der Waals surface area contributed by atoms with Crippen LogP contribution in [-0.2, 0) is 13.1 Å². The molecule has 1 heterocycles. The van der Waals surface area contributed by atoms with Crippen LogP contribution in [-0.4, -0.2) is 14.7 Å². The number of benzene rings is 1. The van der Waals surface area contributed by atoms with Crippen molar-refractivity contribution in [2.24, 2.45) is 0 Å². The van der Waals surface area contributed by atoms with Crippen LogP contribution in [0.3, 0.4) is 0 Å². The minimum absolute atomic E-state index is 0.0988. The molecule has 0 aliphatic heterocycles. The molecule has 106 valence electrons. The highest BCUT2D eigenvalue weighted by molar-refractivity contribution is 6.32. The Hall–Kier alpha value is -2.08. The molecule has 1 N–H and O–H groups in total. The number of hydrogen-bond donors (Lipinski definition) is 1. The monoisotopic (exact) mass is 294 g/mol. The van der Waals surface area contributed by atoms with E-state index in [4.69, 9.17) is 11.6 Å². The number of nitro groups is 1. The van der Waals surface area contributed by atoms with Crippen molar-refractivity contribution < 1.29 is 4.92 Å². The van der Waals surface area contributed by atoms with Gasteiger partial charge in [-0.15, -0.1) is 0 Å². The standard InChI is InChI=1S/C13H15ClN4O2/c1-2-5-17-9-10(8-16-17)7-15-11-3-4-12(14)13(6-11)18(19)20/h3-4,6,8-9,15H,2,5,7H2,1H3. The van der Waals surface area contributed by atoms with Crippen LogP contribution in [0.25, 0.3) is 0 Å². The third-order valence-electron chi connectivity index (χ3n) is 2.78. The summed E-state index contributed by atoms with van der Waals surface area (Å²) in [5.74, 6) is 0. The van der Waals surface area contributed by atoms with Gasteiger partial charge >= 0.3 is 0 Å². The van der Waals surface area contributed by atoms with Gasteiger partial charge in [-0.1, -0.05) is 18.5 Å². The van der Waals surface area contributed by atoms with E-state index in [9.17, 15) is 10.1 Å². The summed E-state index contributed by atoms with van der Waals surface area (Å²) in [4.78, 5) is 10.3. The van der Waals surface area contributed by atoms with Gasteiger partial charge in [0.25, 0.3) is 5.69 Å². The predicted molar refractivity (Wildman–Crippen MR) is 78.0 cm³/mol. The van der Waals surface area contributed by atoms with E-state index in [0.29, 0.717) is 12.2 Å². The number of aryl methyl sites for hydroxylation is 1. The van der Waals surface area contributed by atoms with E-state index in [1.54, 1.807) is 12.3 Å². The normalized spacial score (nSPS) is 10.5. The maximum absolute atomic E-state index is 10.8. The molecule has 6 nitrogen and oxygen atoms in total. The lowest BCUT2D eigenvalue weighted by atomic mass is 10.2. The fourth-order valence-corrected chi connectivity index (χ4v) is 2.00. The Labute approximate surface area is 121 Å². The first-order valence-corrected chi connectivity index (χ1v) is 6.67. The summed E-state index contributed by atoms with van der Waals surface area (Å²) >= 11 is 5.76. The number of hydrogen-bond acceptors (Lipinski definition) is 4. The molecule has 0 bridgehead atoms. The molecule has 0 atom stereocenters. The number of aromatic nitrogens is 2. The van der Waals surface area contributed by atoms with Crippen LogP contribution in [0.4, 0.5) is 11.4 Å². The summed E-state index contributed by atoms with van der Waals surface area (Å²) < 4.78 is 1.88. The van der Waals surface area contributed by atoms with Gasteiger partial charge in [0.15, 0.2) is 0 Å². The quantitative estimate of drug-likeness (QED) is 0.654. The molecule has 0 spiro atoms. The summed E-state index contributed by atoms with van der Waals surface area (Å²) in [6.45, 7) is 3.53. The van der Waals surface area contributed by atoms with Gasteiger partial charge in [-0.3, -0.25) is 14.8 Å². The van der Waals surface area contributed by atoms with Crippen molar-refractivity contribution in [3.63, 3.8) is 0 Å². The van der Waals surface area contributed by atoms with Crippen molar-refractivity contribution in [1.82, 2.24) is 9.78 Å². The maximum Gasteiger partial charge on any atom is 0.289 e. The molecule has 20 heavy (non-hydrogen) atoms. The van der Waals surface area contributed by atoms with Gasteiger partial charge in [0.05, 0.1) is 11.1 Å². The highest BCUT2D eigenvalue weighted by Crippen LogP contribution is 2.27. The lowest BCUT2D eigenvalue weighted by Gasteiger charge is -2.05. The Balaban J connectivity index is 2.03. The van der Waals surface area contributed by atoms with Gasteiger partial charge in [-0.25, -0.2) is 0 Å². The minimum Gasteiger partial charge on any atom is -0.381 e. The lowest BCUT2D eigenvalue weighted by molar-refractivity contribution is -0.384. The van der Waals surface area contributed by atoms with Gasteiger partial charge in [-0.05, 0) is 18.6 Å². The van der Waals surface area contributed by atoms with Crippen LogP contribution in [0, 0.1) is 10.1 Å². The van der Waals surface area contributed by atoms with Crippen LogP contribution in [0.2, 0.25) is 5.02 Å². The lowest BCUT2D eigenvalue weighted by Crippen LogP contribution is -2.00. The fraction of sp³-hybridized carbons (Fsp3) is 0.308. The maximum atomic E-state index is 10.8. The summed E-state index contributed by atoms with van der Waals surface area (Å²) in [5.41, 5.74) is 1.58. The number of nitrogens with zero attached hydrogens (tertiary/aromatic N) is 3. The summed E-state index contributed by atoms with van der Waals surface area (Å²) in [7, 11) is 0. The van der Waals surface area contributed by atoms with Gasteiger partial charge < -0.3 is 5.32 Å². The Morgan fingerprint density at radius 3 is 3.00 bits per heavy atom. The zero-order valence-electron chi connectivity index (χ0n) is 11.0. The van der Waals surface area contributed by atoms with Crippen LogP contribution in [0.5, 0.6) is 0 Å². The summed E-state index contributed by atoms with van der Waals surface area (Å²) in [6.07, 6.45) is 4.77. The molecule has 0 amide bonds. The van der Waals surface area contributed by atoms with E-state index in [1.165, 1.54) is 12.1 Å². The largest absolute Gasteiger partial charge is 0.381 e. The fourth-order valence-electron chi connectivity index (χ4n) is 1.82. The van der Waals surface area contributed by atoms with Crippen LogP contribution < -0.4 is 5.32 Å². The van der Waals surface area contributed by atoms with Crippen molar-refractivity contribution in [1.29, 1.82) is 0 Å². The average Bonchev–Trinajstić information content (AvgIpc) is 2.86. The molecule has 0 saturated heterocycles. The van der Waals surface area contributed by atoms with Gasteiger partial charge in [0, 0.05) is 36.6 Å². The Bertz CT molecular complexity index is 612. The Morgan fingerprint density at radius 1 is 1.50 bits per heavy atom. The molecule has 0 aliphatic rings. The molecular formula is C13H15ClN4O2. The van der Waals surface area contributed by atoms with Gasteiger partial charge in [-0.2, -0.15) is 5.10 Å². The third kappa shape index (κ3) is 3.48. The number of halogens is 1. The second kappa shape index (κ2) is 6.38. The predicted octanol–water partition coefficient (Wildman–Crippen LogP) is 3.47. The Morgan fingerprint density at radius 2 is 2.30 bits per heavy atom. The van der Waals surface area contributed by atoms with E-state index in [2.05, 4.69) is 17.3 Å². The SMILES string of the molecule is CCCn1cc(CNc2ccc(Cl)c([N+](=O)[O-])c2)cn1. The smallest absolute Gasteiger partial charge is 0.289 e. The highest BCUT2D eigenvalue weighted by atomic mass is 35.5.